The molecule has 1 amide bonds. The summed E-state index contributed by atoms with van der Waals surface area (Å²) in [6, 6.07) is 5.09. The molecule has 0 spiro atoms. The fourth-order valence-electron chi connectivity index (χ4n) is 0.677. The molecule has 1 aromatic heterocycles. The summed E-state index contributed by atoms with van der Waals surface area (Å²) in [7, 11) is 0. The Labute approximate surface area is 88.5 Å². The number of hydrogen-bond acceptors (Lipinski definition) is 4. The van der Waals surface area contributed by atoms with Crippen molar-refractivity contribution in [3.8, 4) is 6.07 Å². The lowest BCUT2D eigenvalue weighted by molar-refractivity contribution is -0.120. The highest BCUT2D eigenvalue weighted by Crippen LogP contribution is 2.11. The van der Waals surface area contributed by atoms with Gasteiger partial charge in [-0.05, 0) is 28.1 Å². The molecule has 0 aliphatic heterocycles. The Hall–Kier alpha value is -1.61. The van der Waals surface area contributed by atoms with Gasteiger partial charge in [0.25, 0.3) is 5.91 Å². The van der Waals surface area contributed by atoms with Crippen LogP contribution in [0.25, 0.3) is 0 Å². The molecule has 14 heavy (non-hydrogen) atoms. The highest BCUT2D eigenvalue weighted by molar-refractivity contribution is 9.10. The number of hydrogen-bond donors (Lipinski definition) is 1. The van der Waals surface area contributed by atoms with Crippen molar-refractivity contribution in [1.29, 1.82) is 5.26 Å². The van der Waals surface area contributed by atoms with Crippen molar-refractivity contribution < 1.29 is 9.21 Å². The van der Waals surface area contributed by atoms with Gasteiger partial charge in [0.1, 0.15) is 12.2 Å². The van der Waals surface area contributed by atoms with E-state index in [9.17, 15) is 4.79 Å². The minimum absolute atomic E-state index is 0.209. The first-order valence-electron chi connectivity index (χ1n) is 3.66. The molecule has 0 bridgehead atoms. The maximum absolute atomic E-state index is 10.8. The SMILES string of the molecule is N#CCC(=O)N/N=C/c1ccc(Br)o1. The van der Waals surface area contributed by atoms with E-state index in [1.165, 1.54) is 6.21 Å². The molecule has 0 atom stereocenters. The summed E-state index contributed by atoms with van der Waals surface area (Å²) in [6.45, 7) is 0. The monoisotopic (exact) mass is 255 g/mol. The molecular weight excluding hydrogens is 250 g/mol. The lowest BCUT2D eigenvalue weighted by Gasteiger charge is -1.90. The van der Waals surface area contributed by atoms with E-state index in [0.29, 0.717) is 10.4 Å². The number of halogens is 1. The lowest BCUT2D eigenvalue weighted by Crippen LogP contribution is -2.15. The molecule has 0 saturated heterocycles. The quantitative estimate of drug-likeness (QED) is 0.655. The summed E-state index contributed by atoms with van der Waals surface area (Å²) in [6.07, 6.45) is 1.14. The number of furan rings is 1. The molecular formula is C8H6BrN3O2. The zero-order valence-corrected chi connectivity index (χ0v) is 8.61. The highest BCUT2D eigenvalue weighted by Gasteiger charge is 1.97. The van der Waals surface area contributed by atoms with Crippen LogP contribution in [0, 0.1) is 11.3 Å². The average Bonchev–Trinajstić information content (AvgIpc) is 2.52. The van der Waals surface area contributed by atoms with E-state index in [1.54, 1.807) is 18.2 Å². The van der Waals surface area contributed by atoms with Crippen LogP contribution >= 0.6 is 15.9 Å². The lowest BCUT2D eigenvalue weighted by atomic mass is 10.5. The first-order valence-corrected chi connectivity index (χ1v) is 4.46. The molecule has 1 aromatic rings. The first-order chi connectivity index (χ1) is 6.72. The van der Waals surface area contributed by atoms with E-state index in [4.69, 9.17) is 9.68 Å². The van der Waals surface area contributed by atoms with Gasteiger partial charge in [0.2, 0.25) is 0 Å². The van der Waals surface area contributed by atoms with Crippen LogP contribution in [0.4, 0.5) is 0 Å². The van der Waals surface area contributed by atoms with Gasteiger partial charge in [0.15, 0.2) is 4.67 Å². The Bertz CT molecular complexity index is 392. The number of carbonyl (C=O) groups is 1. The average molecular weight is 256 g/mol. The number of rotatable bonds is 3. The molecule has 0 fully saturated rings. The molecule has 0 aromatic carbocycles. The van der Waals surface area contributed by atoms with Gasteiger partial charge in [0, 0.05) is 0 Å². The van der Waals surface area contributed by atoms with Crippen LogP contribution in [0.2, 0.25) is 0 Å². The van der Waals surface area contributed by atoms with Gasteiger partial charge in [-0.2, -0.15) is 10.4 Å². The third-order valence-corrected chi connectivity index (χ3v) is 1.64. The van der Waals surface area contributed by atoms with Crippen molar-refractivity contribution in [2.24, 2.45) is 5.10 Å². The number of carbonyl (C=O) groups excluding carboxylic acids is 1. The molecule has 0 radical (unpaired) electrons. The summed E-state index contributed by atoms with van der Waals surface area (Å²) >= 11 is 3.12. The first kappa shape index (κ1) is 10.5. The Balaban J connectivity index is 2.42. The molecule has 0 saturated carbocycles. The Morgan fingerprint density at radius 1 is 1.79 bits per heavy atom. The Kier molecular flexibility index (Phi) is 3.88. The van der Waals surface area contributed by atoms with E-state index in [1.807, 2.05) is 0 Å². The number of amides is 1. The molecule has 0 aliphatic rings. The molecule has 72 valence electrons. The van der Waals surface area contributed by atoms with Gasteiger partial charge in [-0.25, -0.2) is 5.43 Å². The largest absolute Gasteiger partial charge is 0.448 e. The molecule has 0 aliphatic carbocycles. The summed E-state index contributed by atoms with van der Waals surface area (Å²) in [5.41, 5.74) is 2.17. The van der Waals surface area contributed by atoms with E-state index >= 15 is 0 Å². The molecule has 1 heterocycles. The van der Waals surface area contributed by atoms with Crippen molar-refractivity contribution in [2.75, 3.05) is 0 Å². The molecule has 5 nitrogen and oxygen atoms in total. The smallest absolute Gasteiger partial charge is 0.254 e. The minimum atomic E-state index is -0.450. The second-order valence-electron chi connectivity index (χ2n) is 2.27. The van der Waals surface area contributed by atoms with Crippen LogP contribution in [0.1, 0.15) is 12.2 Å². The number of nitrogens with one attached hydrogen (secondary N) is 1. The van der Waals surface area contributed by atoms with Crippen LogP contribution in [0.3, 0.4) is 0 Å². The topological polar surface area (TPSA) is 78.4 Å². The molecule has 1 rings (SSSR count). The highest BCUT2D eigenvalue weighted by atomic mass is 79.9. The fourth-order valence-corrected chi connectivity index (χ4v) is 0.996. The Morgan fingerprint density at radius 3 is 3.14 bits per heavy atom. The van der Waals surface area contributed by atoms with Gasteiger partial charge >= 0.3 is 0 Å². The van der Waals surface area contributed by atoms with Gasteiger partial charge in [-0.15, -0.1) is 0 Å². The summed E-state index contributed by atoms with van der Waals surface area (Å²) in [4.78, 5) is 10.8. The third-order valence-electron chi connectivity index (χ3n) is 1.21. The second kappa shape index (κ2) is 5.19. The zero-order chi connectivity index (χ0) is 10.4. The predicted octanol–water partition coefficient (Wildman–Crippen LogP) is 1.41. The van der Waals surface area contributed by atoms with E-state index in [2.05, 4.69) is 26.5 Å². The maximum Gasteiger partial charge on any atom is 0.254 e. The summed E-state index contributed by atoms with van der Waals surface area (Å²) < 4.78 is 5.66. The van der Waals surface area contributed by atoms with Gasteiger partial charge in [-0.1, -0.05) is 0 Å². The zero-order valence-electron chi connectivity index (χ0n) is 7.03. The number of hydrazone groups is 1. The van der Waals surface area contributed by atoms with Gasteiger partial charge in [-0.3, -0.25) is 4.79 Å². The van der Waals surface area contributed by atoms with Crippen LogP contribution < -0.4 is 5.43 Å². The summed E-state index contributed by atoms with van der Waals surface area (Å²) in [5, 5.41) is 11.8. The van der Waals surface area contributed by atoms with Crippen molar-refractivity contribution in [1.82, 2.24) is 5.43 Å². The second-order valence-corrected chi connectivity index (χ2v) is 3.05. The van der Waals surface area contributed by atoms with E-state index < -0.39 is 5.91 Å². The number of nitrogens with zero attached hydrogens (tertiary/aromatic N) is 2. The normalized spacial score (nSPS) is 10.0. The van der Waals surface area contributed by atoms with E-state index in [-0.39, 0.29) is 6.42 Å². The van der Waals surface area contributed by atoms with Gasteiger partial charge in [0.05, 0.1) is 12.3 Å². The standard InChI is InChI=1S/C8H6BrN3O2/c9-7-2-1-6(14-7)5-11-12-8(13)3-4-10/h1-2,5H,3H2,(H,12,13)/b11-5+. The maximum atomic E-state index is 10.8. The van der Waals surface area contributed by atoms with Crippen LogP contribution in [0.15, 0.2) is 26.3 Å². The van der Waals surface area contributed by atoms with Crippen molar-refractivity contribution in [3.63, 3.8) is 0 Å². The summed E-state index contributed by atoms with van der Waals surface area (Å²) in [5.74, 6) is 0.0588. The van der Waals surface area contributed by atoms with Crippen LogP contribution in [-0.4, -0.2) is 12.1 Å². The van der Waals surface area contributed by atoms with E-state index in [0.717, 1.165) is 0 Å². The molecule has 0 unspecified atom stereocenters. The minimum Gasteiger partial charge on any atom is -0.448 e. The number of nitriles is 1. The third kappa shape index (κ3) is 3.41. The Morgan fingerprint density at radius 2 is 2.57 bits per heavy atom. The van der Waals surface area contributed by atoms with Crippen molar-refractivity contribution >= 4 is 28.1 Å². The molecule has 6 heteroatoms. The van der Waals surface area contributed by atoms with Crippen molar-refractivity contribution in [3.05, 3.63) is 22.6 Å². The van der Waals surface area contributed by atoms with Crippen LogP contribution in [0.5, 0.6) is 0 Å². The van der Waals surface area contributed by atoms with Gasteiger partial charge < -0.3 is 4.42 Å². The van der Waals surface area contributed by atoms with Crippen LogP contribution in [-0.2, 0) is 4.79 Å². The van der Waals surface area contributed by atoms with Crippen molar-refractivity contribution in [2.45, 2.75) is 6.42 Å². The fraction of sp³-hybridized carbons (Fsp3) is 0.125. The predicted molar refractivity (Wildman–Crippen MR) is 52.4 cm³/mol. The molecule has 1 N–H and O–H groups in total.